The first-order chi connectivity index (χ1) is 15.1. The van der Waals surface area contributed by atoms with Crippen molar-refractivity contribution in [3.05, 3.63) is 81.5 Å². The highest BCUT2D eigenvalue weighted by Crippen LogP contribution is 2.28. The molecular weight excluding hydrogens is 494 g/mol. The van der Waals surface area contributed by atoms with Crippen LogP contribution in [-0.4, -0.2) is 32.1 Å². The Morgan fingerprint density at radius 2 is 1.87 bits per heavy atom. The molecule has 4 aromatic rings. The first-order valence-corrected chi connectivity index (χ1v) is 12.0. The molecule has 0 unspecified atom stereocenters. The molecule has 2 aromatic carbocycles. The number of hydrogen-bond donors (Lipinski definition) is 1. The number of amides is 1. The lowest BCUT2D eigenvalue weighted by Gasteiger charge is -2.10. The molecule has 1 N–H and O–H groups in total. The van der Waals surface area contributed by atoms with Crippen LogP contribution in [0.25, 0.3) is 17.1 Å². The highest BCUT2D eigenvalue weighted by atomic mass is 79.9. The summed E-state index contributed by atoms with van der Waals surface area (Å²) in [6.45, 7) is 1.87. The lowest BCUT2D eigenvalue weighted by Crippen LogP contribution is -2.21. The summed E-state index contributed by atoms with van der Waals surface area (Å²) in [6, 6.07) is 21.7. The fourth-order valence-corrected chi connectivity index (χ4v) is 4.49. The van der Waals surface area contributed by atoms with Gasteiger partial charge < -0.3 is 0 Å². The van der Waals surface area contributed by atoms with Crippen molar-refractivity contribution in [3.8, 4) is 17.1 Å². The molecule has 0 radical (unpaired) electrons. The number of carbonyl (C=O) groups excluding carboxylic acids is 1. The predicted molar refractivity (Wildman–Crippen MR) is 130 cm³/mol. The summed E-state index contributed by atoms with van der Waals surface area (Å²) < 4.78 is 2.94. The summed E-state index contributed by atoms with van der Waals surface area (Å²) in [4.78, 5) is 13.4. The van der Waals surface area contributed by atoms with Crippen molar-refractivity contribution in [1.29, 1.82) is 0 Å². The number of thioether (sulfide) groups is 1. The second-order valence-electron chi connectivity index (χ2n) is 6.48. The zero-order valence-corrected chi connectivity index (χ0v) is 19.7. The molecule has 0 saturated heterocycles. The van der Waals surface area contributed by atoms with Crippen LogP contribution in [0.1, 0.15) is 11.8 Å². The van der Waals surface area contributed by atoms with Crippen LogP contribution in [-0.2, 0) is 4.79 Å². The van der Waals surface area contributed by atoms with Crippen LogP contribution in [0.4, 0.5) is 0 Å². The molecule has 31 heavy (non-hydrogen) atoms. The maximum atomic E-state index is 12.4. The van der Waals surface area contributed by atoms with E-state index in [0.29, 0.717) is 5.16 Å². The SMILES string of the molecule is C/C(=N/NC(=O)CSc1nnc(-c2ccccc2)n1-c1ccc(Br)cc1)c1cccs1. The average molecular weight is 512 g/mol. The zero-order chi connectivity index (χ0) is 21.6. The topological polar surface area (TPSA) is 72.2 Å². The van der Waals surface area contributed by atoms with Crippen molar-refractivity contribution in [2.45, 2.75) is 12.1 Å². The fourth-order valence-electron chi connectivity index (χ4n) is 2.81. The van der Waals surface area contributed by atoms with Crippen LogP contribution in [0.3, 0.4) is 0 Å². The van der Waals surface area contributed by atoms with Crippen molar-refractivity contribution in [2.75, 3.05) is 5.75 Å². The highest BCUT2D eigenvalue weighted by Gasteiger charge is 2.17. The molecule has 0 spiro atoms. The van der Waals surface area contributed by atoms with Gasteiger partial charge in [0.25, 0.3) is 5.91 Å². The first-order valence-electron chi connectivity index (χ1n) is 9.38. The standard InChI is InChI=1S/C22H18BrN5OS2/c1-15(19-8-5-13-30-19)24-25-20(29)14-31-22-27-26-21(16-6-3-2-4-7-16)28(22)18-11-9-17(23)10-12-18/h2-13H,14H2,1H3,(H,25,29)/b24-15-. The number of nitrogens with one attached hydrogen (secondary N) is 1. The van der Waals surface area contributed by atoms with E-state index in [0.717, 1.165) is 32.1 Å². The van der Waals surface area contributed by atoms with Gasteiger partial charge in [0.05, 0.1) is 11.5 Å². The maximum absolute atomic E-state index is 12.4. The Morgan fingerprint density at radius 3 is 2.58 bits per heavy atom. The summed E-state index contributed by atoms with van der Waals surface area (Å²) in [5, 5.41) is 15.5. The summed E-state index contributed by atoms with van der Waals surface area (Å²) in [5.41, 5.74) is 5.26. The Hall–Kier alpha value is -2.75. The van der Waals surface area contributed by atoms with Crippen LogP contribution in [0.5, 0.6) is 0 Å². The summed E-state index contributed by atoms with van der Waals surface area (Å²) in [5.74, 6) is 0.690. The monoisotopic (exact) mass is 511 g/mol. The number of benzene rings is 2. The van der Waals surface area contributed by atoms with Crippen LogP contribution < -0.4 is 5.43 Å². The van der Waals surface area contributed by atoms with Gasteiger partial charge in [-0.2, -0.15) is 5.10 Å². The van der Waals surface area contributed by atoms with Gasteiger partial charge in [-0.25, -0.2) is 5.43 Å². The van der Waals surface area contributed by atoms with Crippen molar-refractivity contribution < 1.29 is 4.79 Å². The minimum atomic E-state index is -0.201. The van der Waals surface area contributed by atoms with E-state index in [-0.39, 0.29) is 11.7 Å². The summed E-state index contributed by atoms with van der Waals surface area (Å²) >= 11 is 6.37. The van der Waals surface area contributed by atoms with Crippen LogP contribution >= 0.6 is 39.0 Å². The van der Waals surface area contributed by atoms with Gasteiger partial charge in [0.1, 0.15) is 0 Å². The Kier molecular flexibility index (Phi) is 6.96. The van der Waals surface area contributed by atoms with Crippen molar-refractivity contribution in [2.24, 2.45) is 5.10 Å². The van der Waals surface area contributed by atoms with E-state index in [4.69, 9.17) is 0 Å². The third kappa shape index (κ3) is 5.30. The van der Waals surface area contributed by atoms with Gasteiger partial charge in [-0.3, -0.25) is 9.36 Å². The molecule has 2 aromatic heterocycles. The van der Waals surface area contributed by atoms with Gasteiger partial charge >= 0.3 is 0 Å². The number of thiophene rings is 1. The van der Waals surface area contributed by atoms with Gasteiger partial charge in [0.2, 0.25) is 0 Å². The molecule has 0 aliphatic rings. The molecule has 0 bridgehead atoms. The second-order valence-corrected chi connectivity index (χ2v) is 9.29. The van der Waals surface area contributed by atoms with Gasteiger partial charge in [-0.1, -0.05) is 64.1 Å². The lowest BCUT2D eigenvalue weighted by molar-refractivity contribution is -0.118. The van der Waals surface area contributed by atoms with Crippen LogP contribution in [0, 0.1) is 0 Å². The Bertz CT molecular complexity index is 1190. The molecule has 9 heteroatoms. The predicted octanol–water partition coefficient (Wildman–Crippen LogP) is 5.39. The smallest absolute Gasteiger partial charge is 0.250 e. The molecule has 156 valence electrons. The van der Waals surface area contributed by atoms with Gasteiger partial charge in [0, 0.05) is 20.6 Å². The van der Waals surface area contributed by atoms with E-state index >= 15 is 0 Å². The summed E-state index contributed by atoms with van der Waals surface area (Å²) in [6.07, 6.45) is 0. The molecule has 0 fully saturated rings. The van der Waals surface area contributed by atoms with Gasteiger partial charge in [0.15, 0.2) is 11.0 Å². The fraction of sp³-hybridized carbons (Fsp3) is 0.0909. The van der Waals surface area contributed by atoms with Gasteiger partial charge in [-0.05, 0) is 42.6 Å². The van der Waals surface area contributed by atoms with E-state index < -0.39 is 0 Å². The molecular formula is C22H18BrN5OS2. The Balaban J connectivity index is 1.54. The molecule has 0 aliphatic carbocycles. The van der Waals surface area contributed by atoms with E-state index in [1.54, 1.807) is 11.3 Å². The maximum Gasteiger partial charge on any atom is 0.250 e. The third-order valence-corrected chi connectivity index (χ3v) is 6.74. The number of rotatable bonds is 7. The molecule has 4 rings (SSSR count). The second kappa shape index (κ2) is 10.0. The minimum absolute atomic E-state index is 0.171. The van der Waals surface area contributed by atoms with Crippen LogP contribution in [0.15, 0.2) is 86.8 Å². The average Bonchev–Trinajstić information content (AvgIpc) is 3.48. The van der Waals surface area contributed by atoms with Crippen molar-refractivity contribution in [1.82, 2.24) is 20.2 Å². The van der Waals surface area contributed by atoms with E-state index in [1.807, 2.05) is 83.6 Å². The zero-order valence-electron chi connectivity index (χ0n) is 16.5. The Morgan fingerprint density at radius 1 is 1.10 bits per heavy atom. The van der Waals surface area contributed by atoms with E-state index in [1.165, 1.54) is 11.8 Å². The van der Waals surface area contributed by atoms with E-state index in [2.05, 4.69) is 36.7 Å². The third-order valence-electron chi connectivity index (χ3n) is 4.31. The Labute approximate surface area is 196 Å². The minimum Gasteiger partial charge on any atom is -0.272 e. The molecule has 0 aliphatic heterocycles. The first kappa shape index (κ1) is 21.5. The number of aromatic nitrogens is 3. The number of carbonyl (C=O) groups is 1. The largest absolute Gasteiger partial charge is 0.272 e. The normalized spacial score (nSPS) is 11.5. The van der Waals surface area contributed by atoms with Crippen molar-refractivity contribution in [3.63, 3.8) is 0 Å². The summed E-state index contributed by atoms with van der Waals surface area (Å²) in [7, 11) is 0. The van der Waals surface area contributed by atoms with Crippen molar-refractivity contribution >= 4 is 50.6 Å². The molecule has 6 nitrogen and oxygen atoms in total. The molecule has 0 atom stereocenters. The number of hydrazone groups is 1. The van der Waals surface area contributed by atoms with E-state index in [9.17, 15) is 4.79 Å². The molecule has 0 saturated carbocycles. The van der Waals surface area contributed by atoms with Crippen LogP contribution in [0.2, 0.25) is 0 Å². The van der Waals surface area contributed by atoms with Gasteiger partial charge in [-0.15, -0.1) is 21.5 Å². The number of hydrogen-bond acceptors (Lipinski definition) is 6. The molecule has 2 heterocycles. The quantitative estimate of drug-likeness (QED) is 0.205. The lowest BCUT2D eigenvalue weighted by atomic mass is 10.2. The number of halogens is 1. The molecule has 1 amide bonds. The highest BCUT2D eigenvalue weighted by molar-refractivity contribution is 9.10. The number of nitrogens with zero attached hydrogens (tertiary/aromatic N) is 4.